The maximum Gasteiger partial charge on any atom is 0.248 e. The van der Waals surface area contributed by atoms with Crippen LogP contribution in [0.25, 0.3) is 12.2 Å². The van der Waals surface area contributed by atoms with Crippen molar-refractivity contribution in [1.29, 1.82) is 0 Å². The third kappa shape index (κ3) is 4.94. The molecule has 0 saturated carbocycles. The van der Waals surface area contributed by atoms with Gasteiger partial charge in [0.2, 0.25) is 15.9 Å². The lowest BCUT2D eigenvalue weighted by Crippen LogP contribution is -2.44. The first kappa shape index (κ1) is 23.0. The Morgan fingerprint density at radius 1 is 1.21 bits per heavy atom. The van der Waals surface area contributed by atoms with Gasteiger partial charge < -0.3 is 14.3 Å². The van der Waals surface area contributed by atoms with E-state index in [1.165, 1.54) is 16.6 Å². The van der Waals surface area contributed by atoms with Crippen LogP contribution in [0.5, 0.6) is 0 Å². The lowest BCUT2D eigenvalue weighted by atomic mass is 9.98. The number of hydrogen-bond acceptors (Lipinski definition) is 6. The van der Waals surface area contributed by atoms with E-state index in [9.17, 15) is 13.2 Å². The fourth-order valence-electron chi connectivity index (χ4n) is 4.04. The van der Waals surface area contributed by atoms with E-state index in [1.807, 2.05) is 32.0 Å². The molecule has 4 rings (SSSR count). The maximum atomic E-state index is 13.5. The lowest BCUT2D eigenvalue weighted by Gasteiger charge is -2.31. The summed E-state index contributed by atoms with van der Waals surface area (Å²) in [5, 5.41) is 6.82. The molecule has 0 radical (unpaired) electrons. The number of furan rings is 1. The molecule has 8 nitrogen and oxygen atoms in total. The van der Waals surface area contributed by atoms with Crippen LogP contribution in [0.4, 0.5) is 5.69 Å². The van der Waals surface area contributed by atoms with Crippen molar-refractivity contribution in [3.8, 4) is 0 Å². The minimum atomic E-state index is -3.91. The van der Waals surface area contributed by atoms with Gasteiger partial charge in [-0.05, 0) is 69.5 Å². The van der Waals surface area contributed by atoms with Crippen molar-refractivity contribution in [2.75, 3.05) is 18.4 Å². The van der Waals surface area contributed by atoms with Gasteiger partial charge in [0.25, 0.3) is 0 Å². The van der Waals surface area contributed by atoms with Gasteiger partial charge in [-0.3, -0.25) is 4.79 Å². The molecule has 1 atom stereocenters. The molecule has 33 heavy (non-hydrogen) atoms. The predicted molar refractivity (Wildman–Crippen MR) is 125 cm³/mol. The first-order valence-corrected chi connectivity index (χ1v) is 12.3. The summed E-state index contributed by atoms with van der Waals surface area (Å²) in [6.45, 7) is 5.96. The molecule has 0 aliphatic carbocycles. The standard InChI is InChI=1S/C24H27N3O5S/c1-16-8-10-21(17(2)14-16)25-24(28)19-6-4-12-27(15-19)33(29,30)23-18(3)26-32-22(23)11-9-20-7-5-13-31-20/h5,7-11,13-14,19H,4,6,12,15H2,1-3H3,(H,25,28)/b11-9+/t19-/m1/s1. The van der Waals surface area contributed by atoms with Gasteiger partial charge in [-0.15, -0.1) is 0 Å². The third-order valence-electron chi connectivity index (χ3n) is 5.77. The number of nitrogens with one attached hydrogen (secondary N) is 1. The fraction of sp³-hybridized carbons (Fsp3) is 0.333. The third-order valence-corrected chi connectivity index (χ3v) is 7.79. The van der Waals surface area contributed by atoms with Crippen molar-refractivity contribution in [3.05, 3.63) is 64.9 Å². The van der Waals surface area contributed by atoms with E-state index < -0.39 is 15.9 Å². The van der Waals surface area contributed by atoms with E-state index >= 15 is 0 Å². The Bertz CT molecular complexity index is 1280. The van der Waals surface area contributed by atoms with Crippen LogP contribution in [0.3, 0.4) is 0 Å². The van der Waals surface area contributed by atoms with Gasteiger partial charge in [-0.25, -0.2) is 8.42 Å². The second kappa shape index (κ2) is 9.36. The zero-order valence-corrected chi connectivity index (χ0v) is 19.7. The Balaban J connectivity index is 1.53. The summed E-state index contributed by atoms with van der Waals surface area (Å²) >= 11 is 0. The highest BCUT2D eigenvalue weighted by Crippen LogP contribution is 2.30. The minimum absolute atomic E-state index is 0.0146. The van der Waals surface area contributed by atoms with Crippen LogP contribution in [-0.2, 0) is 14.8 Å². The molecule has 1 aromatic carbocycles. The highest BCUT2D eigenvalue weighted by Gasteiger charge is 2.37. The molecule has 1 aliphatic heterocycles. The van der Waals surface area contributed by atoms with Crippen LogP contribution in [0.1, 0.15) is 41.2 Å². The second-order valence-electron chi connectivity index (χ2n) is 8.32. The van der Waals surface area contributed by atoms with Gasteiger partial charge in [0.05, 0.1) is 12.2 Å². The molecule has 1 aliphatic rings. The van der Waals surface area contributed by atoms with Crippen LogP contribution in [0.2, 0.25) is 0 Å². The summed E-state index contributed by atoms with van der Waals surface area (Å²) in [6, 6.07) is 9.29. The fourth-order valence-corrected chi connectivity index (χ4v) is 5.81. The topological polar surface area (TPSA) is 106 Å². The van der Waals surface area contributed by atoms with Crippen molar-refractivity contribution in [1.82, 2.24) is 9.46 Å². The highest BCUT2D eigenvalue weighted by molar-refractivity contribution is 7.89. The lowest BCUT2D eigenvalue weighted by molar-refractivity contribution is -0.120. The molecule has 0 unspecified atom stereocenters. The second-order valence-corrected chi connectivity index (χ2v) is 10.2. The number of anilines is 1. The Labute approximate surface area is 193 Å². The number of benzene rings is 1. The van der Waals surface area contributed by atoms with Crippen LogP contribution in [0, 0.1) is 26.7 Å². The Kier molecular flexibility index (Phi) is 6.53. The number of aryl methyl sites for hydroxylation is 3. The summed E-state index contributed by atoms with van der Waals surface area (Å²) in [6.07, 6.45) is 5.89. The van der Waals surface area contributed by atoms with Crippen molar-refractivity contribution in [2.45, 2.75) is 38.5 Å². The summed E-state index contributed by atoms with van der Waals surface area (Å²) in [5.41, 5.74) is 3.10. The van der Waals surface area contributed by atoms with Crippen molar-refractivity contribution >= 4 is 33.8 Å². The molecule has 1 N–H and O–H groups in total. The van der Waals surface area contributed by atoms with Gasteiger partial charge in [0, 0.05) is 18.8 Å². The van der Waals surface area contributed by atoms with E-state index in [1.54, 1.807) is 25.1 Å². The number of nitrogens with zero attached hydrogens (tertiary/aromatic N) is 2. The first-order chi connectivity index (χ1) is 15.8. The van der Waals surface area contributed by atoms with E-state index in [0.29, 0.717) is 25.1 Å². The zero-order valence-electron chi connectivity index (χ0n) is 18.9. The van der Waals surface area contributed by atoms with E-state index in [0.717, 1.165) is 16.8 Å². The summed E-state index contributed by atoms with van der Waals surface area (Å²) in [7, 11) is -3.91. The maximum absolute atomic E-state index is 13.5. The molecule has 1 fully saturated rings. The summed E-state index contributed by atoms with van der Waals surface area (Å²) in [5.74, 6) is 0.0672. The van der Waals surface area contributed by atoms with Gasteiger partial charge in [-0.2, -0.15) is 4.31 Å². The molecule has 9 heteroatoms. The molecule has 1 amide bonds. The smallest absolute Gasteiger partial charge is 0.248 e. The van der Waals surface area contributed by atoms with Crippen molar-refractivity contribution in [2.24, 2.45) is 5.92 Å². The number of hydrogen-bond donors (Lipinski definition) is 1. The molecule has 0 bridgehead atoms. The Hall–Kier alpha value is -3.17. The zero-order chi connectivity index (χ0) is 23.6. The number of carbonyl (C=O) groups excluding carboxylic acids is 1. The number of sulfonamides is 1. The van der Waals surface area contributed by atoms with Crippen molar-refractivity contribution in [3.63, 3.8) is 0 Å². The number of carbonyl (C=O) groups is 1. The van der Waals surface area contributed by atoms with Gasteiger partial charge in [0.15, 0.2) is 10.7 Å². The molecule has 2 aromatic heterocycles. The predicted octanol–water partition coefficient (Wildman–Crippen LogP) is 4.40. The largest absolute Gasteiger partial charge is 0.465 e. The van der Waals surface area contributed by atoms with E-state index in [-0.39, 0.29) is 28.8 Å². The SMILES string of the molecule is Cc1ccc(NC(=O)[C@@H]2CCCN(S(=O)(=O)c3c(C)noc3/C=C/c3ccco3)C2)c(C)c1. The molecule has 3 heterocycles. The van der Waals surface area contributed by atoms with E-state index in [4.69, 9.17) is 8.94 Å². The molecular weight excluding hydrogens is 442 g/mol. The van der Waals surface area contributed by atoms with Crippen LogP contribution < -0.4 is 5.32 Å². The molecule has 0 spiro atoms. The van der Waals surface area contributed by atoms with Gasteiger partial charge in [-0.1, -0.05) is 22.9 Å². The quantitative estimate of drug-likeness (QED) is 0.574. The Morgan fingerprint density at radius 2 is 2.03 bits per heavy atom. The van der Waals surface area contributed by atoms with Crippen LogP contribution in [0.15, 0.2) is 50.4 Å². The first-order valence-electron chi connectivity index (χ1n) is 10.8. The number of amides is 1. The monoisotopic (exact) mass is 469 g/mol. The average molecular weight is 470 g/mol. The average Bonchev–Trinajstić information content (AvgIpc) is 3.44. The number of piperidine rings is 1. The number of aromatic nitrogens is 1. The minimum Gasteiger partial charge on any atom is -0.465 e. The van der Waals surface area contributed by atoms with Crippen molar-refractivity contribution < 1.29 is 22.2 Å². The molecule has 3 aromatic rings. The highest BCUT2D eigenvalue weighted by atomic mass is 32.2. The number of rotatable bonds is 6. The van der Waals surface area contributed by atoms with Gasteiger partial charge in [0.1, 0.15) is 11.5 Å². The molecular formula is C24H27N3O5S. The van der Waals surface area contributed by atoms with Gasteiger partial charge >= 0.3 is 0 Å². The Morgan fingerprint density at radius 3 is 2.76 bits per heavy atom. The normalized spacial score (nSPS) is 17.5. The van der Waals surface area contributed by atoms with Crippen LogP contribution >= 0.6 is 0 Å². The molecule has 174 valence electrons. The van der Waals surface area contributed by atoms with Crippen LogP contribution in [-0.4, -0.2) is 36.9 Å². The molecule has 1 saturated heterocycles. The van der Waals surface area contributed by atoms with E-state index in [2.05, 4.69) is 10.5 Å². The summed E-state index contributed by atoms with van der Waals surface area (Å²) < 4.78 is 38.9. The summed E-state index contributed by atoms with van der Waals surface area (Å²) in [4.78, 5) is 13.0.